The van der Waals surface area contributed by atoms with Crippen molar-refractivity contribution in [3.63, 3.8) is 0 Å². The maximum atomic E-state index is 9.87. The van der Waals surface area contributed by atoms with Crippen LogP contribution in [0.5, 0.6) is 0 Å². The van der Waals surface area contributed by atoms with E-state index in [1.807, 2.05) is 0 Å². The fraction of sp³-hybridized carbons (Fsp3) is 0.288. The Labute approximate surface area is 465 Å². The van der Waals surface area contributed by atoms with Gasteiger partial charge in [0, 0.05) is 13.1 Å². The number of hydrogen-bond donors (Lipinski definition) is 0. The van der Waals surface area contributed by atoms with E-state index in [9.17, 15) is 50.4 Å². The van der Waals surface area contributed by atoms with Gasteiger partial charge in [0.1, 0.15) is 0 Å². The van der Waals surface area contributed by atoms with Crippen LogP contribution < -0.4 is 0 Å². The van der Waals surface area contributed by atoms with E-state index in [1.54, 1.807) is 0 Å². The second-order valence-corrected chi connectivity index (χ2v) is 24.2. The Kier molecular flexibility index (Phi) is 20.4. The molecule has 4 unspecified atom stereocenters. The largest absolute Gasteiger partial charge is 2.00 e. The van der Waals surface area contributed by atoms with Gasteiger partial charge in [0.05, 0.1) is 0 Å². The molecule has 0 radical (unpaired) electrons. The summed E-state index contributed by atoms with van der Waals surface area (Å²) >= 11 is 0. The van der Waals surface area contributed by atoms with Gasteiger partial charge in [0.2, 0.25) is 0 Å². The molecule has 0 spiro atoms. The van der Waals surface area contributed by atoms with Crippen LogP contribution >= 0.6 is 15.6 Å². The van der Waals surface area contributed by atoms with Gasteiger partial charge >= 0.3 is 86.4 Å². The van der Waals surface area contributed by atoms with Crippen molar-refractivity contribution in [1.82, 2.24) is 19.6 Å². The molecule has 0 saturated heterocycles. The molecule has 0 bridgehead atoms. The van der Waals surface area contributed by atoms with Gasteiger partial charge in [-0.1, -0.05) is 178 Å². The first-order valence-electron chi connectivity index (χ1n) is 25.3. The minimum absolute atomic E-state index is 0. The SMILES string of the molecule is CC(C)c1ccc(CCC(CC(CC(CC(Cc2ccc(CN3C=CN(C)[CH-]3)cc2)c2ccc(CN3C=CN(C)[CH-]3)cc2)c2ccccc2)c2ccccc2)c2ccccc2)cc1.F[P-](F)(F)(F)(F)F.F[P-](F)(F)(F)(F)F.[Pd+2]. The van der Waals surface area contributed by atoms with Crippen molar-refractivity contribution >= 4 is 15.6 Å². The van der Waals surface area contributed by atoms with Crippen LogP contribution in [0.4, 0.5) is 50.4 Å². The molecule has 2 aliphatic heterocycles. The minimum atomic E-state index is -10.7. The van der Waals surface area contributed by atoms with Gasteiger partial charge in [0.25, 0.3) is 0 Å². The van der Waals surface area contributed by atoms with Crippen molar-refractivity contribution in [2.45, 2.75) is 95.1 Å². The molecule has 6 aromatic carbocycles. The molecule has 8 rings (SSSR count). The van der Waals surface area contributed by atoms with Crippen molar-refractivity contribution in [1.29, 1.82) is 0 Å². The van der Waals surface area contributed by atoms with Crippen LogP contribution in [0.3, 0.4) is 0 Å². The molecular weight excluding hydrogens is 1160 g/mol. The minimum Gasteiger partial charge on any atom is 2.00 e. The van der Waals surface area contributed by atoms with Gasteiger partial charge in [-0.25, -0.2) is 0 Å². The Morgan fingerprint density at radius 3 is 1.05 bits per heavy atom. The Morgan fingerprint density at radius 1 is 0.372 bits per heavy atom. The van der Waals surface area contributed by atoms with Crippen molar-refractivity contribution in [2.24, 2.45) is 0 Å². The van der Waals surface area contributed by atoms with Gasteiger partial charge in [0.15, 0.2) is 0 Å². The average Bonchev–Trinajstić information content (AvgIpc) is 3.97. The van der Waals surface area contributed by atoms with Crippen molar-refractivity contribution < 1.29 is 70.8 Å². The first-order valence-corrected chi connectivity index (χ1v) is 29.3. The van der Waals surface area contributed by atoms with Gasteiger partial charge in [-0.3, -0.25) is 0 Å². The fourth-order valence-corrected chi connectivity index (χ4v) is 9.68. The van der Waals surface area contributed by atoms with Gasteiger partial charge in [-0.05, 0) is 157 Å². The number of aryl methyl sites for hydroxylation is 1. The normalized spacial score (nSPS) is 16.8. The average molecular weight is 1230 g/mol. The maximum absolute atomic E-state index is 10.7. The third kappa shape index (κ3) is 25.6. The van der Waals surface area contributed by atoms with E-state index in [0.29, 0.717) is 29.6 Å². The van der Waals surface area contributed by atoms with Gasteiger partial charge in [-0.2, -0.15) is 13.3 Å². The smallest absolute Gasteiger partial charge is 2.00 e. The van der Waals surface area contributed by atoms with Crippen molar-refractivity contribution in [3.05, 3.63) is 252 Å². The predicted octanol–water partition coefficient (Wildman–Crippen LogP) is 20.7. The summed E-state index contributed by atoms with van der Waals surface area (Å²) in [5.74, 6) is 2.09. The predicted molar refractivity (Wildman–Crippen MR) is 290 cm³/mol. The molecule has 19 heteroatoms. The second kappa shape index (κ2) is 25.0. The third-order valence-corrected chi connectivity index (χ3v) is 13.3. The first-order chi connectivity index (χ1) is 35.7. The van der Waals surface area contributed by atoms with E-state index in [0.717, 1.165) is 51.6 Å². The molecule has 2 aliphatic rings. The van der Waals surface area contributed by atoms with E-state index < -0.39 is 15.6 Å². The zero-order valence-electron chi connectivity index (χ0n) is 43.6. The van der Waals surface area contributed by atoms with E-state index in [4.69, 9.17) is 0 Å². The summed E-state index contributed by atoms with van der Waals surface area (Å²) in [5, 5.41) is 0. The second-order valence-electron chi connectivity index (χ2n) is 20.3. The Morgan fingerprint density at radius 2 is 0.679 bits per heavy atom. The monoisotopic (exact) mass is 1230 g/mol. The molecule has 6 aromatic rings. The van der Waals surface area contributed by atoms with Crippen LogP contribution in [0.2, 0.25) is 0 Å². The van der Waals surface area contributed by atoms with Crippen LogP contribution in [0.1, 0.15) is 119 Å². The number of benzene rings is 6. The molecule has 0 fully saturated rings. The molecule has 0 N–H and O–H groups in total. The number of halogens is 12. The van der Waals surface area contributed by atoms with E-state index in [-0.39, 0.29) is 20.4 Å². The molecular formula is C59H66F12N4P2Pd-2. The molecule has 0 amide bonds. The molecule has 4 atom stereocenters. The standard InChI is InChI=1S/C59H66N4.2F6P.Pd/c1-46(2)51-29-24-47(25-30-51)26-33-56(52-14-8-5-9-15-52)39-58(53-16-10-6-11-17-53)41-59(54-18-12-7-13-19-54)40-57(55-31-27-50(28-32-55)43-63-37-35-61(4)45-63)38-48-20-22-49(23-21-48)42-62-36-34-60(3)44-62;2*1-7(2,3,4,5)6;/h5-25,27-32,34-37,44-46,56-59H,26,33,38-43H2,1-4H3;;;/q-2;2*-1;+2. The van der Waals surface area contributed by atoms with Crippen molar-refractivity contribution in [2.75, 3.05) is 14.1 Å². The zero-order chi connectivity index (χ0) is 56.2. The summed E-state index contributed by atoms with van der Waals surface area (Å²) in [7, 11) is -17.2. The molecule has 0 saturated carbocycles. The third-order valence-electron chi connectivity index (χ3n) is 13.3. The van der Waals surface area contributed by atoms with Crippen molar-refractivity contribution in [3.8, 4) is 0 Å². The first kappa shape index (κ1) is 63.5. The summed E-state index contributed by atoms with van der Waals surface area (Å²) in [6.07, 6.45) is 15.0. The number of nitrogens with zero attached hydrogens (tertiary/aromatic N) is 4. The molecule has 0 aliphatic carbocycles. The summed E-state index contributed by atoms with van der Waals surface area (Å²) in [4.78, 5) is 8.70. The molecule has 428 valence electrons. The van der Waals surface area contributed by atoms with Crippen LogP contribution in [0.15, 0.2) is 189 Å². The molecule has 4 nitrogen and oxygen atoms in total. The maximum Gasteiger partial charge on any atom is 2.00 e. The summed E-state index contributed by atoms with van der Waals surface area (Å²) < 4.78 is 118. The zero-order valence-corrected chi connectivity index (χ0v) is 47.0. The van der Waals surface area contributed by atoms with E-state index in [1.165, 1.54) is 50.1 Å². The topological polar surface area (TPSA) is 13.0 Å². The molecule has 78 heavy (non-hydrogen) atoms. The Hall–Kier alpha value is -5.32. The quantitative estimate of drug-likeness (QED) is 0.0327. The Balaban J connectivity index is 0.000000661. The van der Waals surface area contributed by atoms with Crippen LogP contribution in [0.25, 0.3) is 0 Å². The van der Waals surface area contributed by atoms with Gasteiger partial charge in [-0.15, -0.1) is 0 Å². The van der Waals surface area contributed by atoms with Crippen LogP contribution in [-0.4, -0.2) is 33.7 Å². The van der Waals surface area contributed by atoms with Crippen LogP contribution in [0, 0.1) is 13.3 Å². The molecule has 0 aromatic heterocycles. The number of hydrogen-bond acceptors (Lipinski definition) is 4. The van der Waals surface area contributed by atoms with E-state index in [2.05, 4.69) is 249 Å². The fourth-order valence-electron chi connectivity index (χ4n) is 9.68. The number of rotatable bonds is 20. The van der Waals surface area contributed by atoms with E-state index >= 15 is 0 Å². The Bertz CT molecular complexity index is 2780. The van der Waals surface area contributed by atoms with Gasteiger partial charge < -0.3 is 19.6 Å². The van der Waals surface area contributed by atoms with Crippen LogP contribution in [-0.2, 0) is 46.4 Å². The summed E-state index contributed by atoms with van der Waals surface area (Å²) in [6.45, 7) is 10.6. The summed E-state index contributed by atoms with van der Waals surface area (Å²) in [5.41, 5.74) is 12.6. The summed E-state index contributed by atoms with van der Waals surface area (Å²) in [6, 6.07) is 62.5. The molecule has 2 heterocycles.